The van der Waals surface area contributed by atoms with E-state index >= 15 is 0 Å². The minimum atomic E-state index is -1.13. The number of aliphatic hydroxyl groups is 2. The quantitative estimate of drug-likeness (QED) is 0.359. The highest BCUT2D eigenvalue weighted by Crippen LogP contribution is 1.97. The first kappa shape index (κ1) is 11.4. The van der Waals surface area contributed by atoms with Crippen molar-refractivity contribution >= 4 is 5.91 Å². The SMILES string of the molecule is CC(O)(CO)CNCCC(N)=O. The fourth-order valence-corrected chi connectivity index (χ4v) is 0.625. The third kappa shape index (κ3) is 6.09. The van der Waals surface area contributed by atoms with Crippen molar-refractivity contribution in [1.82, 2.24) is 5.32 Å². The highest BCUT2D eigenvalue weighted by atomic mass is 16.3. The van der Waals surface area contributed by atoms with Crippen molar-refractivity contribution in [3.63, 3.8) is 0 Å². The van der Waals surface area contributed by atoms with Crippen LogP contribution in [0.2, 0.25) is 0 Å². The van der Waals surface area contributed by atoms with Crippen LogP contribution in [-0.2, 0) is 4.79 Å². The first-order valence-electron chi connectivity index (χ1n) is 3.80. The molecule has 1 unspecified atom stereocenters. The minimum absolute atomic E-state index is 0.238. The van der Waals surface area contributed by atoms with Gasteiger partial charge in [-0.1, -0.05) is 0 Å². The van der Waals surface area contributed by atoms with Crippen LogP contribution in [0.3, 0.4) is 0 Å². The van der Waals surface area contributed by atoms with Gasteiger partial charge in [-0.25, -0.2) is 0 Å². The van der Waals surface area contributed by atoms with Gasteiger partial charge < -0.3 is 21.3 Å². The molecule has 72 valence electrons. The molecule has 1 atom stereocenters. The van der Waals surface area contributed by atoms with Crippen LogP contribution < -0.4 is 11.1 Å². The molecule has 0 heterocycles. The van der Waals surface area contributed by atoms with E-state index in [0.29, 0.717) is 6.54 Å². The number of hydrogen-bond donors (Lipinski definition) is 4. The van der Waals surface area contributed by atoms with E-state index in [0.717, 1.165) is 0 Å². The molecule has 0 aliphatic rings. The van der Waals surface area contributed by atoms with Crippen LogP contribution >= 0.6 is 0 Å². The highest BCUT2D eigenvalue weighted by molar-refractivity contribution is 5.73. The molecular formula is C7H16N2O3. The van der Waals surface area contributed by atoms with Gasteiger partial charge in [0.15, 0.2) is 0 Å². The van der Waals surface area contributed by atoms with Gasteiger partial charge in [0.05, 0.1) is 12.2 Å². The second kappa shape index (κ2) is 5.08. The van der Waals surface area contributed by atoms with Gasteiger partial charge in [0.25, 0.3) is 0 Å². The number of nitrogens with one attached hydrogen (secondary N) is 1. The molecule has 0 aromatic heterocycles. The fourth-order valence-electron chi connectivity index (χ4n) is 0.625. The van der Waals surface area contributed by atoms with E-state index in [1.165, 1.54) is 6.92 Å². The summed E-state index contributed by atoms with van der Waals surface area (Å²) in [5, 5.41) is 20.7. The topological polar surface area (TPSA) is 95.6 Å². The Kier molecular flexibility index (Phi) is 4.80. The van der Waals surface area contributed by atoms with Gasteiger partial charge in [-0.3, -0.25) is 4.79 Å². The van der Waals surface area contributed by atoms with E-state index in [2.05, 4.69) is 5.32 Å². The lowest BCUT2D eigenvalue weighted by atomic mass is 10.1. The Morgan fingerprint density at radius 3 is 2.67 bits per heavy atom. The Morgan fingerprint density at radius 1 is 1.67 bits per heavy atom. The average Bonchev–Trinajstić information content (AvgIpc) is 1.98. The maximum absolute atomic E-state index is 10.3. The third-order valence-corrected chi connectivity index (χ3v) is 1.39. The van der Waals surface area contributed by atoms with Gasteiger partial charge in [-0.2, -0.15) is 0 Å². The molecule has 0 aromatic carbocycles. The summed E-state index contributed by atoms with van der Waals surface area (Å²) >= 11 is 0. The summed E-state index contributed by atoms with van der Waals surface area (Å²) in [6, 6.07) is 0. The summed E-state index contributed by atoms with van der Waals surface area (Å²) in [5.74, 6) is -0.383. The molecular weight excluding hydrogens is 160 g/mol. The molecule has 0 spiro atoms. The van der Waals surface area contributed by atoms with Crippen molar-refractivity contribution in [2.45, 2.75) is 18.9 Å². The number of carbonyl (C=O) groups is 1. The molecule has 12 heavy (non-hydrogen) atoms. The molecule has 5 heteroatoms. The number of nitrogens with two attached hydrogens (primary N) is 1. The normalized spacial score (nSPS) is 15.6. The molecule has 0 rings (SSSR count). The summed E-state index contributed by atoms with van der Waals surface area (Å²) in [6.45, 7) is 1.86. The van der Waals surface area contributed by atoms with Crippen LogP contribution in [0.15, 0.2) is 0 Å². The molecule has 0 fully saturated rings. The number of carbonyl (C=O) groups excluding carboxylic acids is 1. The first-order chi connectivity index (χ1) is 5.48. The lowest BCUT2D eigenvalue weighted by molar-refractivity contribution is -0.118. The molecule has 0 aliphatic carbocycles. The monoisotopic (exact) mass is 176 g/mol. The summed E-state index contributed by atoms with van der Waals surface area (Å²) in [6.07, 6.45) is 0.238. The van der Waals surface area contributed by atoms with Crippen molar-refractivity contribution in [2.24, 2.45) is 5.73 Å². The smallest absolute Gasteiger partial charge is 0.218 e. The van der Waals surface area contributed by atoms with Crippen molar-refractivity contribution in [1.29, 1.82) is 0 Å². The summed E-state index contributed by atoms with van der Waals surface area (Å²) in [7, 11) is 0. The van der Waals surface area contributed by atoms with Gasteiger partial charge in [0.1, 0.15) is 0 Å². The predicted molar refractivity (Wildman–Crippen MR) is 44.4 cm³/mol. The Bertz CT molecular complexity index is 148. The highest BCUT2D eigenvalue weighted by Gasteiger charge is 2.17. The largest absolute Gasteiger partial charge is 0.393 e. The van der Waals surface area contributed by atoms with Crippen molar-refractivity contribution in [3.8, 4) is 0 Å². The second-order valence-electron chi connectivity index (χ2n) is 3.05. The Balaban J connectivity index is 3.37. The van der Waals surface area contributed by atoms with E-state index in [1.807, 2.05) is 0 Å². The molecule has 0 bridgehead atoms. The zero-order valence-corrected chi connectivity index (χ0v) is 7.21. The Morgan fingerprint density at radius 2 is 2.25 bits per heavy atom. The predicted octanol–water partition coefficient (Wildman–Crippen LogP) is -1.81. The lowest BCUT2D eigenvalue weighted by Crippen LogP contribution is -2.41. The maximum atomic E-state index is 10.3. The first-order valence-corrected chi connectivity index (χ1v) is 3.80. The Hall–Kier alpha value is -0.650. The standard InChI is InChI=1S/C7H16N2O3/c1-7(12,5-10)4-9-3-2-6(8)11/h9-10,12H,2-5H2,1H3,(H2,8,11). The van der Waals surface area contributed by atoms with Crippen molar-refractivity contribution in [3.05, 3.63) is 0 Å². The van der Waals surface area contributed by atoms with Gasteiger partial charge in [0.2, 0.25) is 5.91 Å². The van der Waals surface area contributed by atoms with Crippen LogP contribution in [0.25, 0.3) is 0 Å². The molecule has 0 aromatic rings. The Labute approximate surface area is 71.6 Å². The second-order valence-corrected chi connectivity index (χ2v) is 3.05. The van der Waals surface area contributed by atoms with Gasteiger partial charge in [-0.05, 0) is 6.92 Å². The third-order valence-electron chi connectivity index (χ3n) is 1.39. The number of rotatable bonds is 6. The molecule has 0 aliphatic heterocycles. The number of hydrogen-bond acceptors (Lipinski definition) is 4. The van der Waals surface area contributed by atoms with Crippen LogP contribution in [0.4, 0.5) is 0 Å². The summed E-state index contributed by atoms with van der Waals surface area (Å²) < 4.78 is 0. The molecule has 0 saturated carbocycles. The molecule has 5 nitrogen and oxygen atoms in total. The minimum Gasteiger partial charge on any atom is -0.393 e. The van der Waals surface area contributed by atoms with Gasteiger partial charge >= 0.3 is 0 Å². The van der Waals surface area contributed by atoms with Crippen molar-refractivity contribution in [2.75, 3.05) is 19.7 Å². The maximum Gasteiger partial charge on any atom is 0.218 e. The molecule has 0 radical (unpaired) electrons. The van der Waals surface area contributed by atoms with E-state index < -0.39 is 5.60 Å². The average molecular weight is 176 g/mol. The fraction of sp³-hybridized carbons (Fsp3) is 0.857. The zero-order valence-electron chi connectivity index (χ0n) is 7.21. The van der Waals surface area contributed by atoms with E-state index in [-0.39, 0.29) is 25.5 Å². The van der Waals surface area contributed by atoms with E-state index in [1.54, 1.807) is 0 Å². The molecule has 1 amide bonds. The van der Waals surface area contributed by atoms with Crippen LogP contribution in [0.1, 0.15) is 13.3 Å². The number of amides is 1. The van der Waals surface area contributed by atoms with E-state index in [9.17, 15) is 9.90 Å². The van der Waals surface area contributed by atoms with Gasteiger partial charge in [0, 0.05) is 19.5 Å². The summed E-state index contributed by atoms with van der Waals surface area (Å²) in [5.41, 5.74) is 3.76. The molecule has 0 saturated heterocycles. The zero-order chi connectivity index (χ0) is 9.61. The molecule has 5 N–H and O–H groups in total. The van der Waals surface area contributed by atoms with Gasteiger partial charge in [-0.15, -0.1) is 0 Å². The van der Waals surface area contributed by atoms with Crippen LogP contribution in [-0.4, -0.2) is 41.4 Å². The van der Waals surface area contributed by atoms with Crippen LogP contribution in [0.5, 0.6) is 0 Å². The van der Waals surface area contributed by atoms with Crippen LogP contribution in [0, 0.1) is 0 Å². The van der Waals surface area contributed by atoms with Crippen molar-refractivity contribution < 1.29 is 15.0 Å². The summed E-state index contributed by atoms with van der Waals surface area (Å²) in [4.78, 5) is 10.3. The van der Waals surface area contributed by atoms with E-state index in [4.69, 9.17) is 10.8 Å². The lowest BCUT2D eigenvalue weighted by Gasteiger charge is -2.20. The number of aliphatic hydroxyl groups excluding tert-OH is 1. The number of primary amides is 1.